The fraction of sp³-hybridized carbons (Fsp3) is 0.889. The highest BCUT2D eigenvalue weighted by Crippen LogP contribution is 2.50. The van der Waals surface area contributed by atoms with Gasteiger partial charge in [-0.2, -0.15) is 0 Å². The molecule has 1 N–H and O–H groups in total. The van der Waals surface area contributed by atoms with E-state index >= 15 is 0 Å². The Morgan fingerprint density at radius 3 is 2.22 bits per heavy atom. The van der Waals surface area contributed by atoms with Gasteiger partial charge in [-0.05, 0) is 58.3 Å². The van der Waals surface area contributed by atoms with Crippen molar-refractivity contribution in [1.82, 2.24) is 4.90 Å². The normalized spacial score (nSPS) is 31.7. The Bertz CT molecular complexity index is 458. The highest BCUT2D eigenvalue weighted by atomic mass is 16.6. The number of likely N-dealkylation sites (tertiary alicyclic amines) is 1. The number of carboxylic acids is 1. The van der Waals surface area contributed by atoms with Crippen molar-refractivity contribution in [2.45, 2.75) is 65.9 Å². The second kappa shape index (κ2) is 6.33. The number of rotatable bonds is 2. The molecule has 0 aromatic carbocycles. The molecule has 1 saturated carbocycles. The van der Waals surface area contributed by atoms with Crippen molar-refractivity contribution in [1.29, 1.82) is 0 Å². The molecule has 132 valence electrons. The molecule has 1 unspecified atom stereocenters. The van der Waals surface area contributed by atoms with Crippen molar-refractivity contribution in [3.8, 4) is 0 Å². The lowest BCUT2D eigenvalue weighted by atomic mass is 9.63. The molecule has 0 aromatic rings. The largest absolute Gasteiger partial charge is 0.481 e. The second-order valence-electron chi connectivity index (χ2n) is 8.70. The van der Waals surface area contributed by atoms with Gasteiger partial charge in [-0.25, -0.2) is 4.79 Å². The van der Waals surface area contributed by atoms with Crippen LogP contribution in [0.25, 0.3) is 0 Å². The van der Waals surface area contributed by atoms with Gasteiger partial charge in [0.25, 0.3) is 0 Å². The number of amides is 1. The number of nitrogens with zero attached hydrogens (tertiary/aromatic N) is 1. The van der Waals surface area contributed by atoms with Crippen LogP contribution >= 0.6 is 0 Å². The van der Waals surface area contributed by atoms with E-state index in [1.54, 1.807) is 4.90 Å². The van der Waals surface area contributed by atoms with Gasteiger partial charge in [0.2, 0.25) is 0 Å². The van der Waals surface area contributed by atoms with Gasteiger partial charge < -0.3 is 14.7 Å². The molecule has 1 aliphatic heterocycles. The highest BCUT2D eigenvalue weighted by Gasteiger charge is 2.53. The van der Waals surface area contributed by atoms with E-state index in [1.165, 1.54) is 0 Å². The minimum absolute atomic E-state index is 0.270. The van der Waals surface area contributed by atoms with Gasteiger partial charge >= 0.3 is 12.1 Å². The maximum absolute atomic E-state index is 12.3. The lowest BCUT2D eigenvalue weighted by molar-refractivity contribution is -0.145. The van der Waals surface area contributed by atoms with Crippen molar-refractivity contribution in [3.05, 3.63) is 0 Å². The minimum Gasteiger partial charge on any atom is -0.481 e. The lowest BCUT2D eigenvalue weighted by Crippen LogP contribution is -2.40. The Morgan fingerprint density at radius 2 is 1.78 bits per heavy atom. The van der Waals surface area contributed by atoms with Gasteiger partial charge in [-0.3, -0.25) is 4.79 Å². The van der Waals surface area contributed by atoms with Gasteiger partial charge in [-0.15, -0.1) is 0 Å². The molecule has 5 nitrogen and oxygen atoms in total. The quantitative estimate of drug-likeness (QED) is 0.839. The molecule has 0 aromatic heterocycles. The van der Waals surface area contributed by atoms with Crippen molar-refractivity contribution in [3.63, 3.8) is 0 Å². The van der Waals surface area contributed by atoms with E-state index in [4.69, 9.17) is 4.74 Å². The molecule has 1 atom stereocenters. The summed E-state index contributed by atoms with van der Waals surface area (Å²) in [7, 11) is 0. The number of hydrogen-bond acceptors (Lipinski definition) is 3. The van der Waals surface area contributed by atoms with Crippen LogP contribution in [0, 0.1) is 23.2 Å². The topological polar surface area (TPSA) is 66.8 Å². The summed E-state index contributed by atoms with van der Waals surface area (Å²) >= 11 is 0. The average molecular weight is 325 g/mol. The summed E-state index contributed by atoms with van der Waals surface area (Å²) in [6, 6.07) is 0. The van der Waals surface area contributed by atoms with Crippen molar-refractivity contribution in [2.24, 2.45) is 23.2 Å². The summed E-state index contributed by atoms with van der Waals surface area (Å²) in [6.45, 7) is 10.8. The lowest BCUT2D eigenvalue weighted by Gasteiger charge is -2.40. The van der Waals surface area contributed by atoms with Gasteiger partial charge in [0, 0.05) is 18.5 Å². The molecule has 1 aliphatic carbocycles. The smallest absolute Gasteiger partial charge is 0.410 e. The fourth-order valence-corrected chi connectivity index (χ4v) is 4.16. The number of carbonyl (C=O) groups excluding carboxylic acids is 1. The zero-order valence-electron chi connectivity index (χ0n) is 15.1. The third kappa shape index (κ3) is 3.99. The molecule has 1 spiro atoms. The molecule has 23 heavy (non-hydrogen) atoms. The summed E-state index contributed by atoms with van der Waals surface area (Å²) in [4.78, 5) is 25.7. The van der Waals surface area contributed by atoms with Crippen LogP contribution in [0.15, 0.2) is 0 Å². The molecule has 0 radical (unpaired) electrons. The summed E-state index contributed by atoms with van der Waals surface area (Å²) in [5, 5.41) is 9.66. The third-order valence-corrected chi connectivity index (χ3v) is 5.57. The Hall–Kier alpha value is -1.26. The predicted octanol–water partition coefficient (Wildman–Crippen LogP) is 3.77. The molecule has 1 amide bonds. The summed E-state index contributed by atoms with van der Waals surface area (Å²) < 4.78 is 5.44. The third-order valence-electron chi connectivity index (χ3n) is 5.57. The van der Waals surface area contributed by atoms with Crippen LogP contribution in [-0.4, -0.2) is 40.8 Å². The monoisotopic (exact) mass is 325 g/mol. The molecular formula is C18H31NO4. The van der Waals surface area contributed by atoms with Crippen molar-refractivity contribution >= 4 is 12.1 Å². The Balaban J connectivity index is 2.10. The van der Waals surface area contributed by atoms with E-state index in [0.29, 0.717) is 18.4 Å². The summed E-state index contributed by atoms with van der Waals surface area (Å²) in [5.41, 5.74) is -0.824. The molecule has 0 bridgehead atoms. The van der Waals surface area contributed by atoms with Crippen molar-refractivity contribution in [2.75, 3.05) is 13.1 Å². The van der Waals surface area contributed by atoms with E-state index < -0.39 is 17.5 Å². The zero-order chi connectivity index (χ0) is 17.4. The number of aliphatic carboxylic acids is 1. The first-order chi connectivity index (χ1) is 10.5. The van der Waals surface area contributed by atoms with Crippen LogP contribution in [0.1, 0.15) is 60.3 Å². The van der Waals surface area contributed by atoms with Crippen LogP contribution < -0.4 is 0 Å². The second-order valence-corrected chi connectivity index (χ2v) is 8.70. The Kier molecular flexibility index (Phi) is 4.97. The first-order valence-corrected chi connectivity index (χ1v) is 8.75. The maximum atomic E-state index is 12.3. The van der Waals surface area contributed by atoms with E-state index in [2.05, 4.69) is 13.8 Å². The standard InChI is InChI=1S/C18H31NO4/c1-12(2)13-6-8-18(9-7-13)11-19(10-14(18)15(20)21)16(22)23-17(3,4)5/h12-14H,6-11H2,1-5H3,(H,20,21). The molecular weight excluding hydrogens is 294 g/mol. The summed E-state index contributed by atoms with van der Waals surface area (Å²) in [5.74, 6) is 0.0619. The number of carbonyl (C=O) groups is 2. The molecule has 5 heteroatoms. The first-order valence-electron chi connectivity index (χ1n) is 8.75. The van der Waals surface area contributed by atoms with Crippen LogP contribution in [-0.2, 0) is 9.53 Å². The van der Waals surface area contributed by atoms with E-state index in [9.17, 15) is 14.7 Å². The van der Waals surface area contributed by atoms with Crippen LogP contribution in [0.2, 0.25) is 0 Å². The number of hydrogen-bond donors (Lipinski definition) is 1. The van der Waals surface area contributed by atoms with Gasteiger partial charge in [0.1, 0.15) is 5.60 Å². The van der Waals surface area contributed by atoms with Crippen molar-refractivity contribution < 1.29 is 19.4 Å². The predicted molar refractivity (Wildman–Crippen MR) is 88.2 cm³/mol. The van der Waals surface area contributed by atoms with Crippen LogP contribution in [0.5, 0.6) is 0 Å². The molecule has 2 rings (SSSR count). The SMILES string of the molecule is CC(C)C1CCC2(CC1)CN(C(=O)OC(C)(C)C)CC2C(=O)O. The van der Waals surface area contributed by atoms with E-state index in [-0.39, 0.29) is 18.1 Å². The van der Waals surface area contributed by atoms with Crippen LogP contribution in [0.3, 0.4) is 0 Å². The average Bonchev–Trinajstić information content (AvgIpc) is 2.77. The number of carboxylic acid groups (broad SMARTS) is 1. The van der Waals surface area contributed by atoms with Crippen LogP contribution in [0.4, 0.5) is 4.79 Å². The van der Waals surface area contributed by atoms with Gasteiger partial charge in [-0.1, -0.05) is 13.8 Å². The minimum atomic E-state index is -0.779. The zero-order valence-corrected chi connectivity index (χ0v) is 15.1. The first kappa shape index (κ1) is 18.1. The number of ether oxygens (including phenoxy) is 1. The molecule has 1 heterocycles. The molecule has 1 saturated heterocycles. The molecule has 2 aliphatic rings. The maximum Gasteiger partial charge on any atom is 0.410 e. The van der Waals surface area contributed by atoms with E-state index in [1.807, 2.05) is 20.8 Å². The van der Waals surface area contributed by atoms with Gasteiger partial charge in [0.05, 0.1) is 5.92 Å². The van der Waals surface area contributed by atoms with Gasteiger partial charge in [0.15, 0.2) is 0 Å². The highest BCUT2D eigenvalue weighted by molar-refractivity contribution is 5.75. The fourth-order valence-electron chi connectivity index (χ4n) is 4.16. The Labute approximate surface area is 139 Å². The Morgan fingerprint density at radius 1 is 1.22 bits per heavy atom. The van der Waals surface area contributed by atoms with E-state index in [0.717, 1.165) is 25.7 Å². The molecule has 2 fully saturated rings. The summed E-state index contributed by atoms with van der Waals surface area (Å²) in [6.07, 6.45) is 3.53.